The Balaban J connectivity index is 1.73. The van der Waals surface area contributed by atoms with Gasteiger partial charge in [-0.3, -0.25) is 4.98 Å². The molecule has 2 fully saturated rings. The SMILES string of the molecule is CC1(C)[C@@H]2CC[C@@](C)(C2)[C@@H]1NCc1cccnc1. The van der Waals surface area contributed by atoms with Gasteiger partial charge in [-0.05, 0) is 47.6 Å². The molecule has 2 nitrogen and oxygen atoms in total. The minimum Gasteiger partial charge on any atom is -0.309 e. The Morgan fingerprint density at radius 3 is 2.83 bits per heavy atom. The Morgan fingerprint density at radius 1 is 1.39 bits per heavy atom. The van der Waals surface area contributed by atoms with Gasteiger partial charge in [-0.25, -0.2) is 0 Å². The van der Waals surface area contributed by atoms with Crippen LogP contribution in [0.1, 0.15) is 45.6 Å². The average Bonchev–Trinajstić information content (AvgIpc) is 2.81. The highest BCUT2D eigenvalue weighted by atomic mass is 15.0. The molecule has 0 aliphatic heterocycles. The molecule has 1 aromatic heterocycles. The molecular formula is C16H24N2. The maximum atomic E-state index is 4.19. The summed E-state index contributed by atoms with van der Waals surface area (Å²) in [6.07, 6.45) is 8.03. The van der Waals surface area contributed by atoms with E-state index in [4.69, 9.17) is 0 Å². The fraction of sp³-hybridized carbons (Fsp3) is 0.688. The molecule has 0 saturated heterocycles. The van der Waals surface area contributed by atoms with Crippen molar-refractivity contribution < 1.29 is 0 Å². The van der Waals surface area contributed by atoms with Gasteiger partial charge in [-0.1, -0.05) is 26.8 Å². The topological polar surface area (TPSA) is 24.9 Å². The molecule has 3 atom stereocenters. The Morgan fingerprint density at radius 2 is 2.22 bits per heavy atom. The van der Waals surface area contributed by atoms with E-state index in [0.717, 1.165) is 12.5 Å². The molecule has 0 unspecified atom stereocenters. The lowest BCUT2D eigenvalue weighted by atomic mass is 9.68. The first-order valence-electron chi connectivity index (χ1n) is 7.15. The molecule has 0 aromatic carbocycles. The largest absolute Gasteiger partial charge is 0.309 e. The predicted octanol–water partition coefficient (Wildman–Crippen LogP) is 3.39. The molecule has 3 rings (SSSR count). The van der Waals surface area contributed by atoms with E-state index >= 15 is 0 Å². The second kappa shape index (κ2) is 4.06. The van der Waals surface area contributed by atoms with Gasteiger partial charge in [0.25, 0.3) is 0 Å². The van der Waals surface area contributed by atoms with Crippen LogP contribution < -0.4 is 5.32 Å². The van der Waals surface area contributed by atoms with Gasteiger partial charge in [-0.2, -0.15) is 0 Å². The summed E-state index contributed by atoms with van der Waals surface area (Å²) in [6.45, 7) is 8.32. The lowest BCUT2D eigenvalue weighted by Crippen LogP contribution is -2.49. The van der Waals surface area contributed by atoms with Gasteiger partial charge in [-0.15, -0.1) is 0 Å². The molecule has 18 heavy (non-hydrogen) atoms. The second-order valence-electron chi connectivity index (χ2n) is 7.09. The van der Waals surface area contributed by atoms with Crippen LogP contribution in [0.4, 0.5) is 0 Å². The predicted molar refractivity (Wildman–Crippen MR) is 74.1 cm³/mol. The highest BCUT2D eigenvalue weighted by molar-refractivity contribution is 5.14. The van der Waals surface area contributed by atoms with E-state index in [1.54, 1.807) is 0 Å². The molecule has 2 heteroatoms. The number of pyridine rings is 1. The zero-order valence-corrected chi connectivity index (χ0v) is 11.7. The molecule has 2 saturated carbocycles. The van der Waals surface area contributed by atoms with Crippen LogP contribution in [-0.4, -0.2) is 11.0 Å². The van der Waals surface area contributed by atoms with Crippen LogP contribution in [0.15, 0.2) is 24.5 Å². The van der Waals surface area contributed by atoms with Crippen LogP contribution in [0.2, 0.25) is 0 Å². The van der Waals surface area contributed by atoms with Crippen LogP contribution in [0, 0.1) is 16.7 Å². The molecule has 1 heterocycles. The van der Waals surface area contributed by atoms with Gasteiger partial charge in [0.15, 0.2) is 0 Å². The van der Waals surface area contributed by atoms with Crippen LogP contribution in [0.3, 0.4) is 0 Å². The number of nitrogens with one attached hydrogen (secondary N) is 1. The molecular weight excluding hydrogens is 220 g/mol. The van der Waals surface area contributed by atoms with Gasteiger partial charge in [0.1, 0.15) is 0 Å². The van der Waals surface area contributed by atoms with Crippen molar-refractivity contribution in [3.63, 3.8) is 0 Å². The molecule has 0 radical (unpaired) electrons. The van der Waals surface area contributed by atoms with Crippen molar-refractivity contribution in [1.82, 2.24) is 10.3 Å². The maximum absolute atomic E-state index is 4.19. The summed E-state index contributed by atoms with van der Waals surface area (Å²) in [6, 6.07) is 4.82. The maximum Gasteiger partial charge on any atom is 0.0312 e. The molecule has 0 amide bonds. The lowest BCUT2D eigenvalue weighted by molar-refractivity contribution is 0.108. The van der Waals surface area contributed by atoms with Crippen LogP contribution in [0.5, 0.6) is 0 Å². The van der Waals surface area contributed by atoms with Gasteiger partial charge in [0.2, 0.25) is 0 Å². The lowest BCUT2D eigenvalue weighted by Gasteiger charge is -2.43. The fourth-order valence-corrected chi connectivity index (χ4v) is 4.53. The standard InChI is InChI=1S/C16H24N2/c1-15(2)13-6-7-16(3,9-13)14(15)18-11-12-5-4-8-17-10-12/h4-5,8,10,13-14,18H,6-7,9,11H2,1-3H3/t13-,14-,16+/m1/s1. The third-order valence-electron chi connectivity index (χ3n) is 5.50. The minimum atomic E-state index is 0.440. The summed E-state index contributed by atoms with van der Waals surface area (Å²) in [5.41, 5.74) is 2.24. The Kier molecular flexibility index (Phi) is 2.74. The minimum absolute atomic E-state index is 0.440. The second-order valence-corrected chi connectivity index (χ2v) is 7.09. The molecule has 98 valence electrons. The van der Waals surface area contributed by atoms with Crippen LogP contribution in [0.25, 0.3) is 0 Å². The van der Waals surface area contributed by atoms with Crippen molar-refractivity contribution in [2.75, 3.05) is 0 Å². The third-order valence-corrected chi connectivity index (χ3v) is 5.50. The molecule has 1 aromatic rings. The van der Waals surface area contributed by atoms with Crippen molar-refractivity contribution in [3.8, 4) is 0 Å². The monoisotopic (exact) mass is 244 g/mol. The molecule has 2 bridgehead atoms. The average molecular weight is 244 g/mol. The van der Waals surface area contributed by atoms with E-state index in [2.05, 4.69) is 37.1 Å². The van der Waals surface area contributed by atoms with E-state index in [1.807, 2.05) is 18.5 Å². The Labute approximate surface area is 110 Å². The fourth-order valence-electron chi connectivity index (χ4n) is 4.53. The highest BCUT2D eigenvalue weighted by Crippen LogP contribution is 2.62. The van der Waals surface area contributed by atoms with Crippen molar-refractivity contribution in [3.05, 3.63) is 30.1 Å². The number of hydrogen-bond donors (Lipinski definition) is 1. The summed E-state index contributed by atoms with van der Waals surface area (Å²) < 4.78 is 0. The Bertz CT molecular complexity index is 421. The summed E-state index contributed by atoms with van der Waals surface area (Å²) in [7, 11) is 0. The first-order valence-corrected chi connectivity index (χ1v) is 7.15. The van der Waals surface area contributed by atoms with Gasteiger partial charge in [0.05, 0.1) is 0 Å². The molecule has 0 spiro atoms. The molecule has 2 aliphatic rings. The summed E-state index contributed by atoms with van der Waals surface area (Å²) >= 11 is 0. The van der Waals surface area contributed by atoms with Crippen molar-refractivity contribution in [2.24, 2.45) is 16.7 Å². The summed E-state index contributed by atoms with van der Waals surface area (Å²) in [5, 5.41) is 3.82. The number of rotatable bonds is 3. The van der Waals surface area contributed by atoms with Crippen molar-refractivity contribution >= 4 is 0 Å². The van der Waals surface area contributed by atoms with Gasteiger partial charge in [0, 0.05) is 25.0 Å². The molecule has 2 aliphatic carbocycles. The van der Waals surface area contributed by atoms with Gasteiger partial charge >= 0.3 is 0 Å². The van der Waals surface area contributed by atoms with Crippen molar-refractivity contribution in [2.45, 2.75) is 52.6 Å². The van der Waals surface area contributed by atoms with Crippen LogP contribution in [-0.2, 0) is 6.54 Å². The van der Waals surface area contributed by atoms with E-state index in [9.17, 15) is 0 Å². The third kappa shape index (κ3) is 1.78. The van der Waals surface area contributed by atoms with E-state index in [1.165, 1.54) is 24.8 Å². The zero-order chi connectivity index (χ0) is 12.8. The Hall–Kier alpha value is -0.890. The van der Waals surface area contributed by atoms with E-state index in [-0.39, 0.29) is 0 Å². The normalized spacial score (nSPS) is 37.1. The van der Waals surface area contributed by atoms with Crippen LogP contribution >= 0.6 is 0 Å². The number of hydrogen-bond acceptors (Lipinski definition) is 2. The zero-order valence-electron chi connectivity index (χ0n) is 11.7. The number of aromatic nitrogens is 1. The smallest absolute Gasteiger partial charge is 0.0312 e. The summed E-state index contributed by atoms with van der Waals surface area (Å²) in [5.74, 6) is 0.911. The number of fused-ring (bicyclic) bond motifs is 2. The summed E-state index contributed by atoms with van der Waals surface area (Å²) in [4.78, 5) is 4.19. The van der Waals surface area contributed by atoms with E-state index in [0.29, 0.717) is 16.9 Å². The quantitative estimate of drug-likeness (QED) is 0.881. The first kappa shape index (κ1) is 12.2. The van der Waals surface area contributed by atoms with E-state index < -0.39 is 0 Å². The highest BCUT2D eigenvalue weighted by Gasteiger charge is 2.58. The first-order chi connectivity index (χ1) is 8.52. The molecule has 1 N–H and O–H groups in total. The van der Waals surface area contributed by atoms with Crippen molar-refractivity contribution in [1.29, 1.82) is 0 Å². The van der Waals surface area contributed by atoms with Gasteiger partial charge < -0.3 is 5.32 Å². The number of nitrogens with zero attached hydrogens (tertiary/aromatic N) is 1.